The number of amides is 2. The van der Waals surface area contributed by atoms with E-state index in [0.29, 0.717) is 16.9 Å². The van der Waals surface area contributed by atoms with Crippen LogP contribution in [-0.4, -0.2) is 41.0 Å². The average Bonchev–Trinajstić information content (AvgIpc) is 3.28. The molecule has 1 atom stereocenters. The molecule has 3 rings (SSSR count). The van der Waals surface area contributed by atoms with Crippen molar-refractivity contribution in [1.29, 1.82) is 0 Å². The fourth-order valence-electron chi connectivity index (χ4n) is 2.79. The number of carbonyl (C=O) groups excluding carboxylic acids is 2. The van der Waals surface area contributed by atoms with E-state index >= 15 is 0 Å². The zero-order valence-corrected chi connectivity index (χ0v) is 18.6. The Balaban J connectivity index is 1.60. The summed E-state index contributed by atoms with van der Waals surface area (Å²) in [5, 5.41) is 9.45. The van der Waals surface area contributed by atoms with Crippen LogP contribution in [0.2, 0.25) is 0 Å². The van der Waals surface area contributed by atoms with Gasteiger partial charge in [0.15, 0.2) is 0 Å². The van der Waals surface area contributed by atoms with E-state index in [1.165, 1.54) is 41.6 Å². The number of benzene rings is 2. The molecule has 0 bridgehead atoms. The predicted octanol–water partition coefficient (Wildman–Crippen LogP) is 2.42. The molecule has 0 aliphatic heterocycles. The van der Waals surface area contributed by atoms with Crippen LogP contribution in [0.1, 0.15) is 37.2 Å². The first-order valence-electron chi connectivity index (χ1n) is 9.84. The SMILES string of the molecule is CC(C)NS(=O)(=O)c1ccc(C(=O)Nc2ccc(NC(=O)C(C)n3cncn3)cc2)cc1. The van der Waals surface area contributed by atoms with Gasteiger partial charge in [-0.05, 0) is 69.3 Å². The van der Waals surface area contributed by atoms with E-state index in [0.717, 1.165) is 0 Å². The van der Waals surface area contributed by atoms with Crippen molar-refractivity contribution in [2.24, 2.45) is 0 Å². The molecule has 11 heteroatoms. The lowest BCUT2D eigenvalue weighted by atomic mass is 10.2. The Kier molecular flexibility index (Phi) is 7.01. The highest BCUT2D eigenvalue weighted by atomic mass is 32.2. The first kappa shape index (κ1) is 23.1. The number of anilines is 2. The molecule has 32 heavy (non-hydrogen) atoms. The number of carbonyl (C=O) groups is 2. The average molecular weight is 457 g/mol. The molecular formula is C21H24N6O4S. The van der Waals surface area contributed by atoms with Crippen LogP contribution in [0.15, 0.2) is 66.1 Å². The van der Waals surface area contributed by atoms with Crippen molar-refractivity contribution in [2.45, 2.75) is 37.8 Å². The molecule has 1 unspecified atom stereocenters. The maximum absolute atomic E-state index is 12.5. The van der Waals surface area contributed by atoms with Gasteiger partial charge in [-0.15, -0.1) is 0 Å². The number of nitrogens with zero attached hydrogens (tertiary/aromatic N) is 3. The molecule has 0 fully saturated rings. The van der Waals surface area contributed by atoms with Gasteiger partial charge >= 0.3 is 0 Å². The second-order valence-electron chi connectivity index (χ2n) is 7.37. The van der Waals surface area contributed by atoms with Crippen molar-refractivity contribution in [3.63, 3.8) is 0 Å². The Morgan fingerprint density at radius 2 is 1.50 bits per heavy atom. The van der Waals surface area contributed by atoms with Crippen molar-refractivity contribution in [1.82, 2.24) is 19.5 Å². The van der Waals surface area contributed by atoms with Gasteiger partial charge in [-0.2, -0.15) is 5.10 Å². The zero-order chi connectivity index (χ0) is 23.3. The summed E-state index contributed by atoms with van der Waals surface area (Å²) < 4.78 is 28.3. The Morgan fingerprint density at radius 1 is 0.906 bits per heavy atom. The minimum atomic E-state index is -3.62. The molecule has 2 amide bonds. The molecule has 0 spiro atoms. The van der Waals surface area contributed by atoms with Gasteiger partial charge in [0.25, 0.3) is 5.91 Å². The summed E-state index contributed by atoms with van der Waals surface area (Å²) in [6, 6.07) is 11.5. The van der Waals surface area contributed by atoms with Crippen molar-refractivity contribution in [2.75, 3.05) is 10.6 Å². The van der Waals surface area contributed by atoms with Crippen LogP contribution in [0.3, 0.4) is 0 Å². The number of hydrogen-bond acceptors (Lipinski definition) is 6. The van der Waals surface area contributed by atoms with Crippen LogP contribution in [0.25, 0.3) is 0 Å². The van der Waals surface area contributed by atoms with Crippen LogP contribution in [0.5, 0.6) is 0 Å². The maximum Gasteiger partial charge on any atom is 0.255 e. The molecule has 0 saturated carbocycles. The van der Waals surface area contributed by atoms with Gasteiger partial charge in [0.1, 0.15) is 18.7 Å². The summed E-state index contributed by atoms with van der Waals surface area (Å²) in [7, 11) is -3.62. The zero-order valence-electron chi connectivity index (χ0n) is 17.8. The molecule has 168 valence electrons. The van der Waals surface area contributed by atoms with Crippen LogP contribution in [0.4, 0.5) is 11.4 Å². The molecule has 0 saturated heterocycles. The van der Waals surface area contributed by atoms with E-state index in [-0.39, 0.29) is 22.8 Å². The topological polar surface area (TPSA) is 135 Å². The van der Waals surface area contributed by atoms with Gasteiger partial charge in [0, 0.05) is 23.0 Å². The van der Waals surface area contributed by atoms with Crippen molar-refractivity contribution >= 4 is 33.2 Å². The van der Waals surface area contributed by atoms with E-state index in [9.17, 15) is 18.0 Å². The summed E-state index contributed by atoms with van der Waals surface area (Å²) in [5.41, 5.74) is 1.40. The smallest absolute Gasteiger partial charge is 0.255 e. The lowest BCUT2D eigenvalue weighted by Gasteiger charge is -2.13. The molecule has 2 aromatic carbocycles. The second-order valence-corrected chi connectivity index (χ2v) is 9.09. The molecule has 3 N–H and O–H groups in total. The fraction of sp³-hybridized carbons (Fsp3) is 0.238. The third kappa shape index (κ3) is 5.77. The summed E-state index contributed by atoms with van der Waals surface area (Å²) >= 11 is 0. The quantitative estimate of drug-likeness (QED) is 0.476. The molecule has 1 aromatic heterocycles. The first-order valence-corrected chi connectivity index (χ1v) is 11.3. The van der Waals surface area contributed by atoms with Gasteiger partial charge in [-0.25, -0.2) is 22.8 Å². The van der Waals surface area contributed by atoms with Gasteiger partial charge in [-0.3, -0.25) is 9.59 Å². The van der Waals surface area contributed by atoms with Crippen molar-refractivity contribution in [3.8, 4) is 0 Å². The van der Waals surface area contributed by atoms with E-state index < -0.39 is 16.1 Å². The van der Waals surface area contributed by atoms with E-state index in [2.05, 4.69) is 25.4 Å². The Morgan fingerprint density at radius 3 is 2.03 bits per heavy atom. The van der Waals surface area contributed by atoms with Crippen LogP contribution >= 0.6 is 0 Å². The second kappa shape index (κ2) is 9.71. The lowest BCUT2D eigenvalue weighted by Crippen LogP contribution is -2.30. The summed E-state index contributed by atoms with van der Waals surface area (Å²) in [4.78, 5) is 28.7. The number of sulfonamides is 1. The minimum Gasteiger partial charge on any atom is -0.324 e. The van der Waals surface area contributed by atoms with Crippen molar-refractivity contribution in [3.05, 3.63) is 66.7 Å². The highest BCUT2D eigenvalue weighted by Crippen LogP contribution is 2.17. The van der Waals surface area contributed by atoms with Gasteiger partial charge in [0.2, 0.25) is 15.9 Å². The lowest BCUT2D eigenvalue weighted by molar-refractivity contribution is -0.119. The predicted molar refractivity (Wildman–Crippen MR) is 120 cm³/mol. The molecule has 0 radical (unpaired) electrons. The van der Waals surface area contributed by atoms with E-state index in [4.69, 9.17) is 0 Å². The van der Waals surface area contributed by atoms with Crippen LogP contribution in [0, 0.1) is 0 Å². The molecule has 0 aliphatic carbocycles. The summed E-state index contributed by atoms with van der Waals surface area (Å²) in [6.07, 6.45) is 2.82. The van der Waals surface area contributed by atoms with E-state index in [1.54, 1.807) is 45.0 Å². The van der Waals surface area contributed by atoms with Gasteiger partial charge in [0.05, 0.1) is 4.90 Å². The maximum atomic E-state index is 12.5. The minimum absolute atomic E-state index is 0.0861. The van der Waals surface area contributed by atoms with Gasteiger partial charge in [-0.1, -0.05) is 0 Å². The van der Waals surface area contributed by atoms with Crippen molar-refractivity contribution < 1.29 is 18.0 Å². The third-order valence-electron chi connectivity index (χ3n) is 4.44. The third-order valence-corrected chi connectivity index (χ3v) is 6.12. The number of hydrogen-bond donors (Lipinski definition) is 3. The number of aromatic nitrogens is 3. The van der Waals surface area contributed by atoms with Gasteiger partial charge < -0.3 is 10.6 Å². The standard InChI is InChI=1S/C21H24N6O4S/c1-14(2)26-32(30,31)19-10-4-16(5-11-19)21(29)25-18-8-6-17(7-9-18)24-20(28)15(3)27-13-22-12-23-27/h4-15,26H,1-3H3,(H,24,28)(H,25,29). The Bertz CT molecular complexity index is 1170. The normalized spacial score (nSPS) is 12.4. The summed E-state index contributed by atoms with van der Waals surface area (Å²) in [5.74, 6) is -0.642. The summed E-state index contributed by atoms with van der Waals surface area (Å²) in [6.45, 7) is 5.16. The Labute approximate surface area is 186 Å². The molecule has 10 nitrogen and oxygen atoms in total. The molecule has 0 aliphatic rings. The fourth-order valence-corrected chi connectivity index (χ4v) is 4.04. The number of rotatable bonds is 8. The molecular weight excluding hydrogens is 432 g/mol. The molecule has 3 aromatic rings. The Hall–Kier alpha value is -3.57. The monoisotopic (exact) mass is 456 g/mol. The molecule has 1 heterocycles. The van der Waals surface area contributed by atoms with Crippen LogP contribution < -0.4 is 15.4 Å². The highest BCUT2D eigenvalue weighted by molar-refractivity contribution is 7.89. The first-order chi connectivity index (χ1) is 15.2. The van der Waals surface area contributed by atoms with E-state index in [1.807, 2.05) is 0 Å². The van der Waals surface area contributed by atoms with Crippen LogP contribution in [-0.2, 0) is 14.8 Å². The highest BCUT2D eigenvalue weighted by Gasteiger charge is 2.17. The number of nitrogens with one attached hydrogen (secondary N) is 3. The largest absolute Gasteiger partial charge is 0.324 e.